The van der Waals surface area contributed by atoms with Crippen LogP contribution < -0.4 is 5.73 Å². The topological polar surface area (TPSA) is 26.0 Å². The first-order valence-electron chi connectivity index (χ1n) is 5.01. The molecule has 0 aliphatic heterocycles. The SMILES string of the molecule is Cc1ccc(CC(N)C(C)C)c(Br)c1. The summed E-state index contributed by atoms with van der Waals surface area (Å²) in [6.07, 6.45) is 0.943. The number of aryl methyl sites for hydroxylation is 1. The molecule has 1 rings (SSSR count). The highest BCUT2D eigenvalue weighted by Gasteiger charge is 2.10. The van der Waals surface area contributed by atoms with Gasteiger partial charge in [0.2, 0.25) is 0 Å². The minimum absolute atomic E-state index is 0.244. The highest BCUT2D eigenvalue weighted by molar-refractivity contribution is 9.10. The van der Waals surface area contributed by atoms with Crippen LogP contribution >= 0.6 is 15.9 Å². The van der Waals surface area contributed by atoms with Crippen LogP contribution in [0.4, 0.5) is 0 Å². The lowest BCUT2D eigenvalue weighted by molar-refractivity contribution is 0.490. The summed E-state index contributed by atoms with van der Waals surface area (Å²) in [4.78, 5) is 0. The van der Waals surface area contributed by atoms with Gasteiger partial charge in [-0.05, 0) is 36.5 Å². The number of nitrogens with two attached hydrogens (primary N) is 1. The van der Waals surface area contributed by atoms with E-state index in [1.165, 1.54) is 15.6 Å². The largest absolute Gasteiger partial charge is 0.327 e. The molecule has 0 aromatic heterocycles. The van der Waals surface area contributed by atoms with Crippen LogP contribution in [-0.2, 0) is 6.42 Å². The summed E-state index contributed by atoms with van der Waals surface area (Å²) in [6, 6.07) is 6.67. The van der Waals surface area contributed by atoms with E-state index in [2.05, 4.69) is 54.9 Å². The Bertz CT molecular complexity index is 307. The zero-order chi connectivity index (χ0) is 10.7. The van der Waals surface area contributed by atoms with Gasteiger partial charge < -0.3 is 5.73 Å². The van der Waals surface area contributed by atoms with E-state index in [4.69, 9.17) is 5.73 Å². The van der Waals surface area contributed by atoms with Gasteiger partial charge in [0.15, 0.2) is 0 Å². The number of halogens is 1. The Kier molecular flexibility index (Phi) is 4.14. The highest BCUT2D eigenvalue weighted by Crippen LogP contribution is 2.20. The lowest BCUT2D eigenvalue weighted by Gasteiger charge is -2.16. The first-order chi connectivity index (χ1) is 6.50. The van der Waals surface area contributed by atoms with E-state index < -0.39 is 0 Å². The van der Waals surface area contributed by atoms with Gasteiger partial charge in [0.25, 0.3) is 0 Å². The van der Waals surface area contributed by atoms with Crippen LogP contribution in [0.2, 0.25) is 0 Å². The Balaban J connectivity index is 2.77. The summed E-state index contributed by atoms with van der Waals surface area (Å²) in [5.74, 6) is 0.531. The van der Waals surface area contributed by atoms with E-state index >= 15 is 0 Å². The molecule has 0 spiro atoms. The second-order valence-corrected chi connectivity index (χ2v) is 5.06. The zero-order valence-corrected chi connectivity index (χ0v) is 10.6. The van der Waals surface area contributed by atoms with Crippen molar-refractivity contribution >= 4 is 15.9 Å². The van der Waals surface area contributed by atoms with Gasteiger partial charge >= 0.3 is 0 Å². The Morgan fingerprint density at radius 2 is 2.00 bits per heavy atom. The predicted octanol–water partition coefficient (Wildman–Crippen LogP) is 3.28. The fourth-order valence-electron chi connectivity index (χ4n) is 1.31. The van der Waals surface area contributed by atoms with Crippen LogP contribution in [0.15, 0.2) is 22.7 Å². The van der Waals surface area contributed by atoms with Gasteiger partial charge in [-0.3, -0.25) is 0 Å². The summed E-state index contributed by atoms with van der Waals surface area (Å²) >= 11 is 3.57. The monoisotopic (exact) mass is 255 g/mol. The molecule has 0 bridgehead atoms. The van der Waals surface area contributed by atoms with E-state index in [0.717, 1.165) is 6.42 Å². The van der Waals surface area contributed by atoms with Gasteiger partial charge in [0.05, 0.1) is 0 Å². The van der Waals surface area contributed by atoms with Gasteiger partial charge in [0, 0.05) is 10.5 Å². The van der Waals surface area contributed by atoms with Crippen molar-refractivity contribution in [1.29, 1.82) is 0 Å². The number of rotatable bonds is 3. The Morgan fingerprint density at radius 3 is 2.50 bits per heavy atom. The van der Waals surface area contributed by atoms with Crippen LogP contribution in [0.25, 0.3) is 0 Å². The maximum Gasteiger partial charge on any atom is 0.0210 e. The molecule has 0 saturated heterocycles. The second kappa shape index (κ2) is 4.94. The van der Waals surface area contributed by atoms with E-state index in [0.29, 0.717) is 5.92 Å². The average Bonchev–Trinajstić information content (AvgIpc) is 2.09. The molecular weight excluding hydrogens is 238 g/mol. The molecule has 0 aliphatic rings. The van der Waals surface area contributed by atoms with Crippen LogP contribution in [-0.4, -0.2) is 6.04 Å². The third-order valence-electron chi connectivity index (χ3n) is 2.52. The van der Waals surface area contributed by atoms with Crippen molar-refractivity contribution in [2.24, 2.45) is 11.7 Å². The molecule has 0 aliphatic carbocycles. The molecule has 0 radical (unpaired) electrons. The van der Waals surface area contributed by atoms with Crippen LogP contribution in [0, 0.1) is 12.8 Å². The third kappa shape index (κ3) is 3.10. The second-order valence-electron chi connectivity index (χ2n) is 4.21. The molecular formula is C12H18BrN. The lowest BCUT2D eigenvalue weighted by Crippen LogP contribution is -2.28. The summed E-state index contributed by atoms with van der Waals surface area (Å²) in [7, 11) is 0. The minimum Gasteiger partial charge on any atom is -0.327 e. The molecule has 0 heterocycles. The molecule has 2 heteroatoms. The van der Waals surface area contributed by atoms with E-state index in [1.54, 1.807) is 0 Å². The smallest absolute Gasteiger partial charge is 0.0210 e. The van der Waals surface area contributed by atoms with Gasteiger partial charge in [0.1, 0.15) is 0 Å². The van der Waals surface area contributed by atoms with Crippen molar-refractivity contribution < 1.29 is 0 Å². The zero-order valence-electron chi connectivity index (χ0n) is 9.05. The van der Waals surface area contributed by atoms with E-state index in [1.807, 2.05) is 0 Å². The summed E-state index contributed by atoms with van der Waals surface area (Å²) in [6.45, 7) is 6.41. The van der Waals surface area contributed by atoms with Crippen molar-refractivity contribution in [2.45, 2.75) is 33.2 Å². The summed E-state index contributed by atoms with van der Waals surface area (Å²) in [5.41, 5.74) is 8.61. The molecule has 2 N–H and O–H groups in total. The van der Waals surface area contributed by atoms with Crippen LogP contribution in [0.3, 0.4) is 0 Å². The standard InChI is InChI=1S/C12H18BrN/c1-8(2)12(14)7-10-5-4-9(3)6-11(10)13/h4-6,8,12H,7,14H2,1-3H3. The molecule has 1 nitrogen and oxygen atoms in total. The van der Waals surface area contributed by atoms with Crippen molar-refractivity contribution in [3.63, 3.8) is 0 Å². The van der Waals surface area contributed by atoms with Crippen LogP contribution in [0.1, 0.15) is 25.0 Å². The first kappa shape index (κ1) is 11.7. The fourth-order valence-corrected chi connectivity index (χ4v) is 1.96. The Morgan fingerprint density at radius 1 is 1.36 bits per heavy atom. The maximum absolute atomic E-state index is 6.03. The van der Waals surface area contributed by atoms with Gasteiger partial charge in [-0.1, -0.05) is 41.9 Å². The van der Waals surface area contributed by atoms with Gasteiger partial charge in [-0.15, -0.1) is 0 Å². The summed E-state index contributed by atoms with van der Waals surface area (Å²) in [5, 5.41) is 0. The number of hydrogen-bond acceptors (Lipinski definition) is 1. The molecule has 1 atom stereocenters. The highest BCUT2D eigenvalue weighted by atomic mass is 79.9. The molecule has 14 heavy (non-hydrogen) atoms. The van der Waals surface area contributed by atoms with Crippen LogP contribution in [0.5, 0.6) is 0 Å². The van der Waals surface area contributed by atoms with E-state index in [9.17, 15) is 0 Å². The summed E-state index contributed by atoms with van der Waals surface area (Å²) < 4.78 is 1.17. The average molecular weight is 256 g/mol. The molecule has 78 valence electrons. The van der Waals surface area contributed by atoms with Gasteiger partial charge in [-0.25, -0.2) is 0 Å². The number of benzene rings is 1. The van der Waals surface area contributed by atoms with E-state index in [-0.39, 0.29) is 6.04 Å². The lowest BCUT2D eigenvalue weighted by atomic mass is 9.97. The Hall–Kier alpha value is -0.340. The van der Waals surface area contributed by atoms with Gasteiger partial charge in [-0.2, -0.15) is 0 Å². The Labute approximate surface area is 94.8 Å². The quantitative estimate of drug-likeness (QED) is 0.882. The third-order valence-corrected chi connectivity index (χ3v) is 3.26. The first-order valence-corrected chi connectivity index (χ1v) is 5.80. The molecule has 0 fully saturated rings. The molecule has 0 amide bonds. The predicted molar refractivity (Wildman–Crippen MR) is 65.4 cm³/mol. The normalized spacial score (nSPS) is 13.3. The van der Waals surface area contributed by atoms with Crippen molar-refractivity contribution in [3.05, 3.63) is 33.8 Å². The van der Waals surface area contributed by atoms with Crippen molar-refractivity contribution in [1.82, 2.24) is 0 Å². The maximum atomic E-state index is 6.03. The molecule has 1 aromatic rings. The number of hydrogen-bond donors (Lipinski definition) is 1. The van der Waals surface area contributed by atoms with Crippen molar-refractivity contribution in [3.8, 4) is 0 Å². The molecule has 1 unspecified atom stereocenters. The fraction of sp³-hybridized carbons (Fsp3) is 0.500. The molecule has 0 saturated carbocycles. The molecule has 1 aromatic carbocycles. The minimum atomic E-state index is 0.244. The van der Waals surface area contributed by atoms with Crippen molar-refractivity contribution in [2.75, 3.05) is 0 Å².